The van der Waals surface area contributed by atoms with Crippen LogP contribution in [-0.4, -0.2) is 24.9 Å². The average Bonchev–Trinajstić information content (AvgIpc) is 2.90. The quantitative estimate of drug-likeness (QED) is 0.569. The molecule has 1 N–H and O–H groups in total. The van der Waals surface area contributed by atoms with E-state index in [1.807, 2.05) is 0 Å². The first-order valence-corrected chi connectivity index (χ1v) is 7.13. The Labute approximate surface area is 138 Å². The minimum atomic E-state index is -1.12. The van der Waals surface area contributed by atoms with Gasteiger partial charge in [0.2, 0.25) is 0 Å². The number of ketones is 1. The van der Waals surface area contributed by atoms with Gasteiger partial charge in [-0.15, -0.1) is 0 Å². The highest BCUT2D eigenvalue weighted by Crippen LogP contribution is 2.12. The number of hydrogen-bond acceptors (Lipinski definition) is 4. The SMILES string of the molecule is Cn1c(/C=C/C(=O)c2ccc(F)c(F)c2)nc2c1c(=O)[nH]c(=O)n2C. The van der Waals surface area contributed by atoms with Crippen molar-refractivity contribution >= 4 is 23.0 Å². The highest BCUT2D eigenvalue weighted by Gasteiger charge is 2.14. The molecule has 7 nitrogen and oxygen atoms in total. The smallest absolute Gasteiger partial charge is 0.322 e. The highest BCUT2D eigenvalue weighted by atomic mass is 19.2. The van der Waals surface area contributed by atoms with Crippen LogP contribution in [0.3, 0.4) is 0 Å². The van der Waals surface area contributed by atoms with Gasteiger partial charge in [-0.25, -0.2) is 18.6 Å². The van der Waals surface area contributed by atoms with Gasteiger partial charge in [-0.3, -0.25) is 19.1 Å². The molecule has 0 saturated heterocycles. The summed E-state index contributed by atoms with van der Waals surface area (Å²) in [5.41, 5.74) is -0.902. The molecule has 2 heterocycles. The first kappa shape index (κ1) is 16.5. The molecule has 0 bridgehead atoms. The van der Waals surface area contributed by atoms with Gasteiger partial charge < -0.3 is 4.57 Å². The molecule has 0 aliphatic rings. The maximum atomic E-state index is 13.2. The van der Waals surface area contributed by atoms with Gasteiger partial charge in [0.25, 0.3) is 5.56 Å². The lowest BCUT2D eigenvalue weighted by molar-refractivity contribution is 0.104. The van der Waals surface area contributed by atoms with Crippen LogP contribution in [0.2, 0.25) is 0 Å². The number of carbonyl (C=O) groups excluding carboxylic acids is 1. The summed E-state index contributed by atoms with van der Waals surface area (Å²) in [4.78, 5) is 41.9. The molecule has 3 rings (SSSR count). The summed E-state index contributed by atoms with van der Waals surface area (Å²) in [6.45, 7) is 0. The van der Waals surface area contributed by atoms with Crippen molar-refractivity contribution in [3.8, 4) is 0 Å². The predicted octanol–water partition coefficient (Wildman–Crippen LogP) is 1.13. The van der Waals surface area contributed by atoms with Crippen molar-refractivity contribution < 1.29 is 13.6 Å². The molecule has 3 aromatic rings. The van der Waals surface area contributed by atoms with Gasteiger partial charge in [-0.1, -0.05) is 0 Å². The summed E-state index contributed by atoms with van der Waals surface area (Å²) < 4.78 is 28.7. The molecule has 0 saturated carbocycles. The van der Waals surface area contributed by atoms with Crippen molar-refractivity contribution in [2.75, 3.05) is 0 Å². The van der Waals surface area contributed by atoms with Crippen molar-refractivity contribution in [3.05, 3.63) is 68.1 Å². The molecular weight excluding hydrogens is 334 g/mol. The van der Waals surface area contributed by atoms with Gasteiger partial charge >= 0.3 is 5.69 Å². The van der Waals surface area contributed by atoms with Crippen molar-refractivity contribution in [2.24, 2.45) is 14.1 Å². The fourth-order valence-corrected chi connectivity index (χ4v) is 2.37. The second-order valence-corrected chi connectivity index (χ2v) is 5.35. The number of rotatable bonds is 3. The number of nitrogens with zero attached hydrogens (tertiary/aromatic N) is 3. The molecule has 128 valence electrons. The zero-order valence-corrected chi connectivity index (χ0v) is 13.2. The van der Waals surface area contributed by atoms with Crippen molar-refractivity contribution in [1.29, 1.82) is 0 Å². The molecule has 2 aromatic heterocycles. The van der Waals surface area contributed by atoms with E-state index in [1.54, 1.807) is 7.05 Å². The minimum Gasteiger partial charge on any atom is -0.322 e. The number of imidazole rings is 1. The molecule has 1 aromatic carbocycles. The summed E-state index contributed by atoms with van der Waals surface area (Å²) in [6.07, 6.45) is 2.45. The molecule has 0 radical (unpaired) electrons. The van der Waals surface area contributed by atoms with Crippen LogP contribution in [0.25, 0.3) is 17.2 Å². The number of halogens is 2. The van der Waals surface area contributed by atoms with Gasteiger partial charge in [-0.05, 0) is 30.4 Å². The monoisotopic (exact) mass is 346 g/mol. The van der Waals surface area contributed by atoms with E-state index in [1.165, 1.54) is 22.3 Å². The summed E-state index contributed by atoms with van der Waals surface area (Å²) >= 11 is 0. The standard InChI is InChI=1S/C16H12F2N4O3/c1-21-12(19-14-13(21)15(24)20-16(25)22(14)2)6-5-11(23)8-3-4-9(17)10(18)7-8/h3-7H,1-2H3,(H,20,24,25)/b6-5+. The Morgan fingerprint density at radius 3 is 2.56 bits per heavy atom. The number of aromatic nitrogens is 4. The second kappa shape index (κ2) is 5.93. The fourth-order valence-electron chi connectivity index (χ4n) is 2.37. The number of carbonyl (C=O) groups is 1. The third-order valence-electron chi connectivity index (χ3n) is 3.76. The molecule has 0 unspecified atom stereocenters. The Hall–Kier alpha value is -3.36. The number of allylic oxidation sites excluding steroid dienone is 1. The van der Waals surface area contributed by atoms with Gasteiger partial charge in [0.15, 0.2) is 28.6 Å². The Bertz CT molecular complexity index is 1150. The van der Waals surface area contributed by atoms with Crippen LogP contribution in [0.1, 0.15) is 16.2 Å². The van der Waals surface area contributed by atoms with Crippen molar-refractivity contribution in [1.82, 2.24) is 19.1 Å². The van der Waals surface area contributed by atoms with Gasteiger partial charge in [0, 0.05) is 19.7 Å². The largest absolute Gasteiger partial charge is 0.329 e. The Morgan fingerprint density at radius 1 is 1.16 bits per heavy atom. The van der Waals surface area contributed by atoms with Gasteiger partial charge in [0.1, 0.15) is 5.82 Å². The topological polar surface area (TPSA) is 89.8 Å². The van der Waals surface area contributed by atoms with Crippen molar-refractivity contribution in [2.45, 2.75) is 0 Å². The molecule has 9 heteroatoms. The number of fused-ring (bicyclic) bond motifs is 1. The number of aryl methyl sites for hydroxylation is 2. The fraction of sp³-hybridized carbons (Fsp3) is 0.125. The second-order valence-electron chi connectivity index (χ2n) is 5.35. The molecule has 0 atom stereocenters. The van der Waals surface area contributed by atoms with Crippen LogP contribution >= 0.6 is 0 Å². The van der Waals surface area contributed by atoms with E-state index in [2.05, 4.69) is 9.97 Å². The van der Waals surface area contributed by atoms with E-state index in [0.717, 1.165) is 24.3 Å². The molecule has 0 aliphatic carbocycles. The normalized spacial score (nSPS) is 11.5. The first-order valence-electron chi connectivity index (χ1n) is 7.13. The lowest BCUT2D eigenvalue weighted by Crippen LogP contribution is -2.29. The van der Waals surface area contributed by atoms with Crippen molar-refractivity contribution in [3.63, 3.8) is 0 Å². The number of H-pyrrole nitrogens is 1. The van der Waals surface area contributed by atoms with Gasteiger partial charge in [0.05, 0.1) is 0 Å². The van der Waals surface area contributed by atoms with E-state index >= 15 is 0 Å². The Kier molecular flexibility index (Phi) is 3.91. The first-order chi connectivity index (χ1) is 11.8. The van der Waals surface area contributed by atoms with Crippen LogP contribution in [0.4, 0.5) is 8.78 Å². The molecule has 25 heavy (non-hydrogen) atoms. The number of nitrogens with one attached hydrogen (secondary N) is 1. The minimum absolute atomic E-state index is 0.0286. The van der Waals surface area contributed by atoms with Gasteiger partial charge in [-0.2, -0.15) is 0 Å². The summed E-state index contributed by atoms with van der Waals surface area (Å²) in [7, 11) is 3.00. The van der Waals surface area contributed by atoms with E-state index in [4.69, 9.17) is 0 Å². The Balaban J connectivity index is 2.03. The lowest BCUT2D eigenvalue weighted by Gasteiger charge is -1.98. The summed E-state index contributed by atoms with van der Waals surface area (Å²) in [6, 6.07) is 2.82. The van der Waals surface area contributed by atoms with E-state index < -0.39 is 28.7 Å². The van der Waals surface area contributed by atoms with E-state index in [0.29, 0.717) is 0 Å². The lowest BCUT2D eigenvalue weighted by atomic mass is 10.1. The molecule has 0 spiro atoms. The predicted molar refractivity (Wildman–Crippen MR) is 86.3 cm³/mol. The number of benzene rings is 1. The molecule has 0 aliphatic heterocycles. The summed E-state index contributed by atoms with van der Waals surface area (Å²) in [5, 5.41) is 0. The number of hydrogen-bond donors (Lipinski definition) is 1. The van der Waals surface area contributed by atoms with E-state index in [-0.39, 0.29) is 22.6 Å². The van der Waals surface area contributed by atoms with Crippen LogP contribution < -0.4 is 11.2 Å². The zero-order valence-electron chi connectivity index (χ0n) is 13.2. The molecule has 0 fully saturated rings. The van der Waals surface area contributed by atoms with Crippen LogP contribution in [0.15, 0.2) is 33.9 Å². The molecular formula is C16H12F2N4O3. The Morgan fingerprint density at radius 2 is 1.88 bits per heavy atom. The van der Waals surface area contributed by atoms with Crippen LogP contribution in [0.5, 0.6) is 0 Å². The van der Waals surface area contributed by atoms with E-state index in [9.17, 15) is 23.2 Å². The third kappa shape index (κ3) is 2.80. The van der Waals surface area contributed by atoms with Crippen LogP contribution in [0, 0.1) is 11.6 Å². The average molecular weight is 346 g/mol. The maximum Gasteiger partial charge on any atom is 0.329 e. The third-order valence-corrected chi connectivity index (χ3v) is 3.76. The number of aromatic amines is 1. The van der Waals surface area contributed by atoms with Crippen LogP contribution in [-0.2, 0) is 14.1 Å². The maximum absolute atomic E-state index is 13.2. The highest BCUT2D eigenvalue weighted by molar-refractivity contribution is 6.06. The zero-order chi connectivity index (χ0) is 18.3. The molecule has 0 amide bonds. The summed E-state index contributed by atoms with van der Waals surface area (Å²) in [5.74, 6) is -2.48.